The molecule has 32 heavy (non-hydrogen) atoms. The Labute approximate surface area is 194 Å². The second-order valence-corrected chi connectivity index (χ2v) is 9.33. The number of hydrogen-bond acceptors (Lipinski definition) is 7. The number of nitrogens with zero attached hydrogens (tertiary/aromatic N) is 3. The Kier molecular flexibility index (Phi) is 6.91. The lowest BCUT2D eigenvalue weighted by atomic mass is 10.2. The molecule has 1 fully saturated rings. The monoisotopic (exact) mass is 475 g/mol. The molecule has 0 aliphatic carbocycles. The van der Waals surface area contributed by atoms with Crippen LogP contribution in [0.1, 0.15) is 25.3 Å². The van der Waals surface area contributed by atoms with Crippen LogP contribution in [-0.2, 0) is 16.1 Å². The molecule has 2 heterocycles. The van der Waals surface area contributed by atoms with Crippen molar-refractivity contribution in [1.82, 2.24) is 10.2 Å². The molecule has 6 nitrogen and oxygen atoms in total. The van der Waals surface area contributed by atoms with Gasteiger partial charge in [0, 0.05) is 30.3 Å². The van der Waals surface area contributed by atoms with E-state index >= 15 is 0 Å². The van der Waals surface area contributed by atoms with Gasteiger partial charge in [0.2, 0.25) is 0 Å². The summed E-state index contributed by atoms with van der Waals surface area (Å²) in [4.78, 5) is 13.8. The molecule has 0 spiro atoms. The molecule has 168 valence electrons. The van der Waals surface area contributed by atoms with Gasteiger partial charge in [0.25, 0.3) is 0 Å². The number of carbonyl (C=O) groups excluding carboxylic acids is 1. The number of benzene rings is 2. The summed E-state index contributed by atoms with van der Waals surface area (Å²) in [5, 5.41) is 10.2. The van der Waals surface area contributed by atoms with Crippen LogP contribution in [0.15, 0.2) is 42.5 Å². The molecule has 0 amide bonds. The van der Waals surface area contributed by atoms with Crippen LogP contribution in [0, 0.1) is 11.7 Å². The summed E-state index contributed by atoms with van der Waals surface area (Å²) in [6.07, 6.45) is 0.761. The van der Waals surface area contributed by atoms with E-state index in [1.165, 1.54) is 29.5 Å². The maximum Gasteiger partial charge on any atom is 0.308 e. The Balaban J connectivity index is 1.35. The SMILES string of the molecule is CC(C)C(=O)OCc1nnc(-c2ccc(N3CC[C@@H](Oc4cc(F)ccc4Cl)C3)cc2)s1. The molecule has 1 atom stereocenters. The smallest absolute Gasteiger partial charge is 0.308 e. The standard InChI is InChI=1S/C23H23ClFN3O3S/c1-14(2)23(29)30-13-21-26-27-22(32-21)15-3-6-17(7-4-15)28-10-9-18(12-28)31-20-11-16(25)5-8-19(20)24/h3-8,11,14,18H,9-10,12-13H2,1-2H3/t18-/m1/s1. The first-order chi connectivity index (χ1) is 15.4. The Morgan fingerprint density at radius 2 is 2.03 bits per heavy atom. The van der Waals surface area contributed by atoms with Crippen LogP contribution in [-0.4, -0.2) is 35.4 Å². The van der Waals surface area contributed by atoms with Crippen LogP contribution in [0.3, 0.4) is 0 Å². The lowest BCUT2D eigenvalue weighted by molar-refractivity contribution is -0.148. The number of rotatable bonds is 7. The van der Waals surface area contributed by atoms with Gasteiger partial charge in [-0.05, 0) is 36.4 Å². The van der Waals surface area contributed by atoms with Crippen molar-refractivity contribution >= 4 is 34.6 Å². The van der Waals surface area contributed by atoms with Gasteiger partial charge in [-0.3, -0.25) is 4.79 Å². The van der Waals surface area contributed by atoms with Gasteiger partial charge in [-0.25, -0.2) is 4.39 Å². The lowest BCUT2D eigenvalue weighted by Crippen LogP contribution is -2.24. The van der Waals surface area contributed by atoms with E-state index in [1.807, 2.05) is 24.3 Å². The van der Waals surface area contributed by atoms with Crippen molar-refractivity contribution in [3.63, 3.8) is 0 Å². The molecule has 0 N–H and O–H groups in total. The summed E-state index contributed by atoms with van der Waals surface area (Å²) in [5.41, 5.74) is 2.02. The first kappa shape index (κ1) is 22.5. The van der Waals surface area contributed by atoms with Crippen molar-refractivity contribution in [2.75, 3.05) is 18.0 Å². The highest BCUT2D eigenvalue weighted by Gasteiger charge is 2.25. The number of ether oxygens (including phenoxy) is 2. The topological polar surface area (TPSA) is 64.5 Å². The van der Waals surface area contributed by atoms with Gasteiger partial charge >= 0.3 is 5.97 Å². The zero-order valence-electron chi connectivity index (χ0n) is 17.8. The average Bonchev–Trinajstić information content (AvgIpc) is 3.44. The summed E-state index contributed by atoms with van der Waals surface area (Å²) in [6, 6.07) is 12.2. The predicted octanol–water partition coefficient (Wildman–Crippen LogP) is 5.35. The highest BCUT2D eigenvalue weighted by molar-refractivity contribution is 7.14. The minimum absolute atomic E-state index is 0.0618. The quantitative estimate of drug-likeness (QED) is 0.429. The zero-order chi connectivity index (χ0) is 22.7. The molecule has 4 rings (SSSR count). The van der Waals surface area contributed by atoms with E-state index in [0.717, 1.165) is 29.2 Å². The largest absolute Gasteiger partial charge is 0.487 e. The molecule has 0 saturated carbocycles. The minimum atomic E-state index is -0.368. The van der Waals surface area contributed by atoms with Gasteiger partial charge in [0.1, 0.15) is 29.3 Å². The maximum atomic E-state index is 13.5. The van der Waals surface area contributed by atoms with Gasteiger partial charge in [-0.1, -0.05) is 36.8 Å². The number of halogens is 2. The molecule has 1 aromatic heterocycles. The average molecular weight is 476 g/mol. The minimum Gasteiger partial charge on any atom is -0.487 e. The first-order valence-corrected chi connectivity index (χ1v) is 11.5. The summed E-state index contributed by atoms with van der Waals surface area (Å²) >= 11 is 7.52. The van der Waals surface area contributed by atoms with Crippen LogP contribution in [0.4, 0.5) is 10.1 Å². The molecular weight excluding hydrogens is 453 g/mol. The normalized spacial score (nSPS) is 15.9. The predicted molar refractivity (Wildman–Crippen MR) is 123 cm³/mol. The fraction of sp³-hybridized carbons (Fsp3) is 0.348. The molecular formula is C23H23ClFN3O3S. The Morgan fingerprint density at radius 3 is 2.78 bits per heavy atom. The van der Waals surface area contributed by atoms with E-state index in [2.05, 4.69) is 15.1 Å². The number of aromatic nitrogens is 2. The van der Waals surface area contributed by atoms with Crippen LogP contribution < -0.4 is 9.64 Å². The molecule has 9 heteroatoms. The number of esters is 1. The molecule has 3 aromatic rings. The lowest BCUT2D eigenvalue weighted by Gasteiger charge is -2.19. The first-order valence-electron chi connectivity index (χ1n) is 10.3. The van der Waals surface area contributed by atoms with Gasteiger partial charge in [0.05, 0.1) is 17.5 Å². The Bertz CT molecular complexity index is 1090. The summed E-state index contributed by atoms with van der Waals surface area (Å²) in [7, 11) is 0. The fourth-order valence-electron chi connectivity index (χ4n) is 3.35. The second-order valence-electron chi connectivity index (χ2n) is 7.86. The molecule has 0 radical (unpaired) electrons. The molecule has 1 aliphatic rings. The van der Waals surface area contributed by atoms with Gasteiger partial charge in [0.15, 0.2) is 5.01 Å². The van der Waals surface area contributed by atoms with Crippen molar-refractivity contribution in [2.45, 2.75) is 33.0 Å². The van der Waals surface area contributed by atoms with Crippen molar-refractivity contribution in [2.24, 2.45) is 5.92 Å². The van der Waals surface area contributed by atoms with Crippen LogP contribution in [0.5, 0.6) is 5.75 Å². The Morgan fingerprint density at radius 1 is 1.25 bits per heavy atom. The molecule has 0 bridgehead atoms. The third-order valence-electron chi connectivity index (χ3n) is 5.09. The molecule has 1 aliphatic heterocycles. The van der Waals surface area contributed by atoms with E-state index < -0.39 is 0 Å². The van der Waals surface area contributed by atoms with Crippen molar-refractivity contribution in [1.29, 1.82) is 0 Å². The van der Waals surface area contributed by atoms with Crippen LogP contribution >= 0.6 is 22.9 Å². The second kappa shape index (κ2) is 9.83. The molecule has 1 saturated heterocycles. The van der Waals surface area contributed by atoms with Crippen LogP contribution in [0.2, 0.25) is 5.02 Å². The Hall–Kier alpha value is -2.71. The van der Waals surface area contributed by atoms with E-state index in [-0.39, 0.29) is 30.4 Å². The highest BCUT2D eigenvalue weighted by Crippen LogP contribution is 2.31. The van der Waals surface area contributed by atoms with E-state index in [0.29, 0.717) is 22.3 Å². The van der Waals surface area contributed by atoms with Crippen molar-refractivity contribution < 1.29 is 18.7 Å². The molecule has 2 aromatic carbocycles. The number of anilines is 1. The molecule has 0 unspecified atom stereocenters. The van der Waals surface area contributed by atoms with Crippen molar-refractivity contribution in [3.05, 3.63) is 58.3 Å². The number of hydrogen-bond donors (Lipinski definition) is 0. The summed E-state index contributed by atoms with van der Waals surface area (Å²) in [5.74, 6) is -0.414. The van der Waals surface area contributed by atoms with E-state index in [1.54, 1.807) is 13.8 Å². The third-order valence-corrected chi connectivity index (χ3v) is 6.35. The highest BCUT2D eigenvalue weighted by atomic mass is 35.5. The van der Waals surface area contributed by atoms with Crippen LogP contribution in [0.25, 0.3) is 10.6 Å². The van der Waals surface area contributed by atoms with Gasteiger partial charge in [-0.15, -0.1) is 10.2 Å². The van der Waals surface area contributed by atoms with Gasteiger partial charge < -0.3 is 14.4 Å². The summed E-state index contributed by atoms with van der Waals surface area (Å²) in [6.45, 7) is 5.25. The third kappa shape index (κ3) is 5.37. The number of carbonyl (C=O) groups is 1. The van der Waals surface area contributed by atoms with E-state index in [4.69, 9.17) is 21.1 Å². The maximum absolute atomic E-state index is 13.5. The van der Waals surface area contributed by atoms with Gasteiger partial charge in [-0.2, -0.15) is 0 Å². The zero-order valence-corrected chi connectivity index (χ0v) is 19.3. The van der Waals surface area contributed by atoms with Crippen molar-refractivity contribution in [3.8, 4) is 16.3 Å². The van der Waals surface area contributed by atoms with E-state index in [9.17, 15) is 9.18 Å². The fourth-order valence-corrected chi connectivity index (χ4v) is 4.27. The summed E-state index contributed by atoms with van der Waals surface area (Å²) < 4.78 is 24.6.